The van der Waals surface area contributed by atoms with E-state index < -0.39 is 0 Å². The van der Waals surface area contributed by atoms with Gasteiger partial charge in [-0.3, -0.25) is 4.79 Å². The maximum atomic E-state index is 13.4. The minimum atomic E-state index is -0.110. The van der Waals surface area contributed by atoms with E-state index in [1.807, 2.05) is 61.5 Å². The molecule has 0 bridgehead atoms. The van der Waals surface area contributed by atoms with Crippen LogP contribution in [-0.2, 0) is 0 Å². The van der Waals surface area contributed by atoms with Crippen LogP contribution in [0.15, 0.2) is 102 Å². The van der Waals surface area contributed by atoms with E-state index in [-0.39, 0.29) is 11.9 Å². The average molecular weight is 390 g/mol. The molecule has 5 rings (SSSR count). The summed E-state index contributed by atoms with van der Waals surface area (Å²) in [6, 6.07) is 32.4. The highest BCUT2D eigenvalue weighted by molar-refractivity contribution is 6.06. The minimum absolute atomic E-state index is 0.0698. The summed E-state index contributed by atoms with van der Waals surface area (Å²) < 4.78 is 0. The SMILES string of the molecule is Cc1ccc(C(=O)N2N=C(c3ccc4ccccc4c3)C[C@H]2c2ccccc2)cc1. The molecule has 0 N–H and O–H groups in total. The zero-order valence-electron chi connectivity index (χ0n) is 16.8. The molecular weight excluding hydrogens is 368 g/mol. The number of fused-ring (bicyclic) bond motifs is 1. The standard InChI is InChI=1S/C27H22N2O/c1-19-11-13-22(14-12-19)27(30)29-26(21-8-3-2-4-9-21)18-25(28-29)24-16-15-20-7-5-6-10-23(20)17-24/h2-17,26H,18H2,1H3/t26-/m0/s1. The van der Waals surface area contributed by atoms with Gasteiger partial charge in [0, 0.05) is 12.0 Å². The molecule has 0 saturated carbocycles. The van der Waals surface area contributed by atoms with Gasteiger partial charge in [-0.15, -0.1) is 0 Å². The van der Waals surface area contributed by atoms with Gasteiger partial charge in [-0.1, -0.05) is 84.4 Å². The van der Waals surface area contributed by atoms with Crippen LogP contribution in [0.1, 0.15) is 39.5 Å². The van der Waals surface area contributed by atoms with Gasteiger partial charge in [-0.25, -0.2) is 5.01 Å². The molecule has 30 heavy (non-hydrogen) atoms. The first-order valence-electron chi connectivity index (χ1n) is 10.2. The predicted molar refractivity (Wildman–Crippen MR) is 122 cm³/mol. The number of hydrogen-bond donors (Lipinski definition) is 0. The zero-order chi connectivity index (χ0) is 20.5. The van der Waals surface area contributed by atoms with E-state index in [4.69, 9.17) is 5.10 Å². The third-order valence-electron chi connectivity index (χ3n) is 5.68. The van der Waals surface area contributed by atoms with Crippen LogP contribution in [0.3, 0.4) is 0 Å². The fourth-order valence-electron chi connectivity index (χ4n) is 4.00. The van der Waals surface area contributed by atoms with Crippen molar-refractivity contribution >= 4 is 22.4 Å². The van der Waals surface area contributed by atoms with Gasteiger partial charge in [0.05, 0.1) is 11.8 Å². The van der Waals surface area contributed by atoms with E-state index >= 15 is 0 Å². The van der Waals surface area contributed by atoms with Gasteiger partial charge in [-0.05, 0) is 47.0 Å². The van der Waals surface area contributed by atoms with Gasteiger partial charge < -0.3 is 0 Å². The first kappa shape index (κ1) is 18.3. The molecule has 1 heterocycles. The number of aryl methyl sites for hydroxylation is 1. The molecule has 4 aromatic rings. The van der Waals surface area contributed by atoms with Crippen LogP contribution in [0.4, 0.5) is 0 Å². The minimum Gasteiger partial charge on any atom is -0.267 e. The molecule has 1 aliphatic rings. The van der Waals surface area contributed by atoms with Crippen molar-refractivity contribution in [2.24, 2.45) is 5.10 Å². The lowest BCUT2D eigenvalue weighted by Gasteiger charge is -2.22. The molecule has 1 aliphatic heterocycles. The van der Waals surface area contributed by atoms with Crippen LogP contribution in [0, 0.1) is 6.92 Å². The fraction of sp³-hybridized carbons (Fsp3) is 0.111. The maximum absolute atomic E-state index is 13.4. The van der Waals surface area contributed by atoms with E-state index in [0.29, 0.717) is 12.0 Å². The molecule has 1 atom stereocenters. The lowest BCUT2D eigenvalue weighted by atomic mass is 9.96. The molecule has 0 saturated heterocycles. The molecule has 1 amide bonds. The highest BCUT2D eigenvalue weighted by atomic mass is 16.2. The number of carbonyl (C=O) groups excluding carboxylic acids is 1. The molecule has 0 aromatic heterocycles. The Labute approximate surface area is 176 Å². The molecule has 146 valence electrons. The Morgan fingerprint density at radius 3 is 2.30 bits per heavy atom. The largest absolute Gasteiger partial charge is 0.274 e. The van der Waals surface area contributed by atoms with Gasteiger partial charge >= 0.3 is 0 Å². The number of hydrazone groups is 1. The summed E-state index contributed by atoms with van der Waals surface area (Å²) >= 11 is 0. The van der Waals surface area contributed by atoms with E-state index in [2.05, 4.69) is 42.5 Å². The summed E-state index contributed by atoms with van der Waals surface area (Å²) in [5.74, 6) is -0.0698. The van der Waals surface area contributed by atoms with Crippen molar-refractivity contribution in [1.82, 2.24) is 5.01 Å². The molecule has 0 radical (unpaired) electrons. The van der Waals surface area contributed by atoms with Crippen molar-refractivity contribution in [3.63, 3.8) is 0 Å². The number of rotatable bonds is 3. The van der Waals surface area contributed by atoms with Crippen molar-refractivity contribution in [2.75, 3.05) is 0 Å². The highest BCUT2D eigenvalue weighted by Gasteiger charge is 2.33. The third-order valence-corrected chi connectivity index (χ3v) is 5.68. The number of carbonyl (C=O) groups is 1. The van der Waals surface area contributed by atoms with Crippen molar-refractivity contribution in [3.8, 4) is 0 Å². The van der Waals surface area contributed by atoms with Crippen LogP contribution in [0.5, 0.6) is 0 Å². The molecule has 3 nitrogen and oxygen atoms in total. The summed E-state index contributed by atoms with van der Waals surface area (Å²) in [7, 11) is 0. The normalized spacial score (nSPS) is 16.0. The third kappa shape index (κ3) is 3.39. The molecule has 0 unspecified atom stereocenters. The number of benzene rings is 4. The van der Waals surface area contributed by atoms with E-state index in [0.717, 1.165) is 22.4 Å². The number of nitrogens with zero attached hydrogens (tertiary/aromatic N) is 2. The zero-order valence-corrected chi connectivity index (χ0v) is 16.8. The molecule has 0 fully saturated rings. The molecule has 4 aromatic carbocycles. The second-order valence-corrected chi connectivity index (χ2v) is 7.75. The fourth-order valence-corrected chi connectivity index (χ4v) is 4.00. The Balaban J connectivity index is 1.55. The smallest absolute Gasteiger partial charge is 0.267 e. The first-order valence-corrected chi connectivity index (χ1v) is 10.2. The molecule has 3 heteroatoms. The maximum Gasteiger partial charge on any atom is 0.274 e. The lowest BCUT2D eigenvalue weighted by molar-refractivity contribution is 0.0711. The predicted octanol–water partition coefficient (Wildman–Crippen LogP) is 6.14. The Morgan fingerprint density at radius 1 is 0.833 bits per heavy atom. The van der Waals surface area contributed by atoms with Crippen molar-refractivity contribution in [1.29, 1.82) is 0 Å². The van der Waals surface area contributed by atoms with Crippen LogP contribution < -0.4 is 0 Å². The van der Waals surface area contributed by atoms with Crippen LogP contribution in [0.25, 0.3) is 10.8 Å². The van der Waals surface area contributed by atoms with Gasteiger partial charge in [0.2, 0.25) is 0 Å². The van der Waals surface area contributed by atoms with Crippen LogP contribution >= 0.6 is 0 Å². The van der Waals surface area contributed by atoms with Crippen molar-refractivity contribution in [2.45, 2.75) is 19.4 Å². The van der Waals surface area contributed by atoms with Crippen LogP contribution in [-0.4, -0.2) is 16.6 Å². The van der Waals surface area contributed by atoms with Crippen molar-refractivity contribution < 1.29 is 4.79 Å². The topological polar surface area (TPSA) is 32.7 Å². The van der Waals surface area contributed by atoms with Gasteiger partial charge in [0.1, 0.15) is 0 Å². The van der Waals surface area contributed by atoms with E-state index in [9.17, 15) is 4.79 Å². The summed E-state index contributed by atoms with van der Waals surface area (Å²) in [4.78, 5) is 13.4. The molecular formula is C27H22N2O. The van der Waals surface area contributed by atoms with Crippen molar-refractivity contribution in [3.05, 3.63) is 119 Å². The van der Waals surface area contributed by atoms with Gasteiger partial charge in [0.15, 0.2) is 0 Å². The summed E-state index contributed by atoms with van der Waals surface area (Å²) in [6.45, 7) is 2.02. The lowest BCUT2D eigenvalue weighted by Crippen LogP contribution is -2.27. The van der Waals surface area contributed by atoms with Gasteiger partial charge in [-0.2, -0.15) is 5.10 Å². The average Bonchev–Trinajstić information content (AvgIpc) is 3.25. The Morgan fingerprint density at radius 2 is 1.53 bits per heavy atom. The number of amides is 1. The quantitative estimate of drug-likeness (QED) is 0.413. The molecule has 0 aliphatic carbocycles. The van der Waals surface area contributed by atoms with E-state index in [1.165, 1.54) is 10.8 Å². The summed E-state index contributed by atoms with van der Waals surface area (Å²) in [6.07, 6.45) is 0.694. The monoisotopic (exact) mass is 390 g/mol. The second-order valence-electron chi connectivity index (χ2n) is 7.75. The molecule has 0 spiro atoms. The first-order chi connectivity index (χ1) is 14.7. The second kappa shape index (κ2) is 7.60. The Hall–Kier alpha value is -3.72. The number of hydrogen-bond acceptors (Lipinski definition) is 2. The Kier molecular flexibility index (Phi) is 4.64. The summed E-state index contributed by atoms with van der Waals surface area (Å²) in [5, 5.41) is 8.86. The van der Waals surface area contributed by atoms with E-state index in [1.54, 1.807) is 5.01 Å². The van der Waals surface area contributed by atoms with Gasteiger partial charge in [0.25, 0.3) is 5.91 Å². The van der Waals surface area contributed by atoms with Crippen LogP contribution in [0.2, 0.25) is 0 Å². The Bertz CT molecular complexity index is 1240. The highest BCUT2D eigenvalue weighted by Crippen LogP contribution is 2.34. The summed E-state index contributed by atoms with van der Waals surface area (Å²) in [5.41, 5.74) is 4.89.